The number of rotatable bonds is 2. The summed E-state index contributed by atoms with van der Waals surface area (Å²) < 4.78 is 5.71. The van der Waals surface area contributed by atoms with Crippen molar-refractivity contribution in [3.05, 3.63) is 35.2 Å². The Morgan fingerprint density at radius 3 is 2.48 bits per heavy atom. The fourth-order valence-corrected chi connectivity index (χ4v) is 3.57. The Bertz CT molecular complexity index is 886. The number of hydrogen-bond donors (Lipinski definition) is 1. The van der Waals surface area contributed by atoms with E-state index in [1.807, 2.05) is 20.8 Å². The molecule has 0 aliphatic carbocycles. The zero-order valence-electron chi connectivity index (χ0n) is 15.5. The minimum atomic E-state index is -1.03. The number of hydrogen-bond acceptors (Lipinski definition) is 5. The molecule has 3 rings (SSSR count). The number of carbonyl (C=O) groups is 2. The van der Waals surface area contributed by atoms with Crippen LogP contribution in [0.2, 0.25) is 5.02 Å². The summed E-state index contributed by atoms with van der Waals surface area (Å²) in [5.41, 5.74) is -0.506. The first-order valence-electron chi connectivity index (χ1n) is 8.74. The lowest BCUT2D eigenvalue weighted by Gasteiger charge is -2.40. The molecule has 2 aromatic rings. The summed E-state index contributed by atoms with van der Waals surface area (Å²) in [7, 11) is 0. The lowest BCUT2D eigenvalue weighted by atomic mass is 9.74. The standard InChI is InChI=1S/C19H22ClN3O4/c1-18(2,3)27-16(24)19(6-8-23(9-7-19)17(25)26)15-13-5-4-12(20)10-14(13)21-11-22-15/h4-5,10-11H,6-9H2,1-3H3,(H,25,26). The van der Waals surface area contributed by atoms with Crippen molar-refractivity contribution in [2.24, 2.45) is 0 Å². The molecule has 7 nitrogen and oxygen atoms in total. The Morgan fingerprint density at radius 1 is 1.22 bits per heavy atom. The van der Waals surface area contributed by atoms with Crippen LogP contribution in [0.5, 0.6) is 0 Å². The molecule has 2 heterocycles. The fourth-order valence-electron chi connectivity index (χ4n) is 3.40. The van der Waals surface area contributed by atoms with Gasteiger partial charge in [0.15, 0.2) is 0 Å². The maximum atomic E-state index is 13.2. The van der Waals surface area contributed by atoms with Gasteiger partial charge in [-0.05, 0) is 51.8 Å². The van der Waals surface area contributed by atoms with E-state index in [1.54, 1.807) is 18.2 Å². The van der Waals surface area contributed by atoms with E-state index in [9.17, 15) is 14.7 Å². The highest BCUT2D eigenvalue weighted by Gasteiger charge is 2.48. The van der Waals surface area contributed by atoms with Crippen molar-refractivity contribution >= 4 is 34.6 Å². The molecule has 0 unspecified atom stereocenters. The van der Waals surface area contributed by atoms with Gasteiger partial charge in [0, 0.05) is 23.5 Å². The molecular formula is C19H22ClN3O4. The first-order chi connectivity index (χ1) is 12.6. The predicted octanol–water partition coefficient (Wildman–Crippen LogP) is 3.64. The van der Waals surface area contributed by atoms with E-state index in [1.165, 1.54) is 11.2 Å². The second kappa shape index (κ2) is 6.96. The van der Waals surface area contributed by atoms with Crippen LogP contribution in [0.1, 0.15) is 39.3 Å². The SMILES string of the molecule is CC(C)(C)OC(=O)C1(c2ncnc3cc(Cl)ccc23)CCN(C(=O)O)CC1. The predicted molar refractivity (Wildman–Crippen MR) is 101 cm³/mol. The van der Waals surface area contributed by atoms with Crippen LogP contribution in [-0.4, -0.2) is 50.7 Å². The van der Waals surface area contributed by atoms with Crippen molar-refractivity contribution in [3.63, 3.8) is 0 Å². The first kappa shape index (κ1) is 19.4. The molecular weight excluding hydrogens is 370 g/mol. The molecule has 0 radical (unpaired) electrons. The monoisotopic (exact) mass is 391 g/mol. The Morgan fingerprint density at radius 2 is 1.89 bits per heavy atom. The summed E-state index contributed by atoms with van der Waals surface area (Å²) in [4.78, 5) is 34.6. The maximum absolute atomic E-state index is 13.2. The number of esters is 1. The number of fused-ring (bicyclic) bond motifs is 1. The molecule has 1 fully saturated rings. The van der Waals surface area contributed by atoms with Gasteiger partial charge in [0.05, 0.1) is 11.2 Å². The largest absolute Gasteiger partial charge is 0.465 e. The normalized spacial score (nSPS) is 17.0. The van der Waals surface area contributed by atoms with Gasteiger partial charge in [-0.15, -0.1) is 0 Å². The fraction of sp³-hybridized carbons (Fsp3) is 0.474. The van der Waals surface area contributed by atoms with Gasteiger partial charge in [0.1, 0.15) is 17.3 Å². The first-order valence-corrected chi connectivity index (χ1v) is 9.12. The van der Waals surface area contributed by atoms with E-state index in [0.717, 1.165) is 5.39 Å². The van der Waals surface area contributed by atoms with Gasteiger partial charge in [-0.1, -0.05) is 11.6 Å². The number of carbonyl (C=O) groups excluding carboxylic acids is 1. The number of piperidine rings is 1. The van der Waals surface area contributed by atoms with Crippen molar-refractivity contribution in [2.45, 2.75) is 44.6 Å². The van der Waals surface area contributed by atoms with Gasteiger partial charge < -0.3 is 14.7 Å². The molecule has 1 saturated heterocycles. The molecule has 0 atom stereocenters. The molecule has 0 saturated carbocycles. The second-order valence-corrected chi connectivity index (χ2v) is 8.17. The minimum absolute atomic E-state index is 0.230. The van der Waals surface area contributed by atoms with Crippen molar-refractivity contribution in [2.75, 3.05) is 13.1 Å². The number of carboxylic acid groups (broad SMARTS) is 1. The van der Waals surface area contributed by atoms with Crippen LogP contribution in [0.3, 0.4) is 0 Å². The molecule has 8 heteroatoms. The quantitative estimate of drug-likeness (QED) is 0.785. The van der Waals surface area contributed by atoms with Crippen LogP contribution >= 0.6 is 11.6 Å². The Hall–Kier alpha value is -2.41. The summed E-state index contributed by atoms with van der Waals surface area (Å²) in [6, 6.07) is 5.24. The van der Waals surface area contributed by atoms with Crippen LogP contribution in [0.4, 0.5) is 4.79 Å². The number of halogens is 1. The van der Waals surface area contributed by atoms with Gasteiger partial charge in [0.25, 0.3) is 0 Å². The number of likely N-dealkylation sites (tertiary alicyclic amines) is 1. The van der Waals surface area contributed by atoms with Crippen molar-refractivity contribution in [1.29, 1.82) is 0 Å². The average Bonchev–Trinajstić information content (AvgIpc) is 2.59. The van der Waals surface area contributed by atoms with Gasteiger partial charge in [-0.3, -0.25) is 4.79 Å². The number of benzene rings is 1. The van der Waals surface area contributed by atoms with Crippen molar-refractivity contribution < 1.29 is 19.4 Å². The number of amides is 1. The summed E-state index contributed by atoms with van der Waals surface area (Å²) in [6.45, 7) is 5.88. The second-order valence-electron chi connectivity index (χ2n) is 7.74. The molecule has 1 aromatic heterocycles. The van der Waals surface area contributed by atoms with Crippen LogP contribution in [0, 0.1) is 0 Å². The third kappa shape index (κ3) is 3.83. The minimum Gasteiger partial charge on any atom is -0.465 e. The third-order valence-electron chi connectivity index (χ3n) is 4.73. The van der Waals surface area contributed by atoms with Crippen molar-refractivity contribution in [1.82, 2.24) is 14.9 Å². The van der Waals surface area contributed by atoms with Crippen LogP contribution < -0.4 is 0 Å². The highest BCUT2D eigenvalue weighted by atomic mass is 35.5. The molecule has 1 aromatic carbocycles. The average molecular weight is 392 g/mol. The van der Waals surface area contributed by atoms with Gasteiger partial charge >= 0.3 is 12.1 Å². The molecule has 1 aliphatic rings. The van der Waals surface area contributed by atoms with E-state index < -0.39 is 23.1 Å². The summed E-state index contributed by atoms with van der Waals surface area (Å²) in [5.74, 6) is -0.394. The third-order valence-corrected chi connectivity index (χ3v) is 4.96. The van der Waals surface area contributed by atoms with Crippen LogP contribution in [-0.2, 0) is 14.9 Å². The van der Waals surface area contributed by atoms with Crippen LogP contribution in [0.25, 0.3) is 10.9 Å². The molecule has 0 spiro atoms. The Kier molecular flexibility index (Phi) is 4.99. The highest BCUT2D eigenvalue weighted by Crippen LogP contribution is 2.40. The molecule has 0 bridgehead atoms. The van der Waals surface area contributed by atoms with Gasteiger partial charge in [0.2, 0.25) is 0 Å². The molecule has 144 valence electrons. The summed E-state index contributed by atoms with van der Waals surface area (Å²) in [6.07, 6.45) is 1.00. The lowest BCUT2D eigenvalue weighted by Crippen LogP contribution is -2.51. The van der Waals surface area contributed by atoms with E-state index in [2.05, 4.69) is 9.97 Å². The van der Waals surface area contributed by atoms with E-state index in [4.69, 9.17) is 16.3 Å². The maximum Gasteiger partial charge on any atom is 0.407 e. The smallest absolute Gasteiger partial charge is 0.407 e. The molecule has 1 aliphatic heterocycles. The summed E-state index contributed by atoms with van der Waals surface area (Å²) >= 11 is 6.07. The van der Waals surface area contributed by atoms with Gasteiger partial charge in [-0.25, -0.2) is 14.8 Å². The number of aromatic nitrogens is 2. The highest BCUT2D eigenvalue weighted by molar-refractivity contribution is 6.31. The van der Waals surface area contributed by atoms with E-state index in [0.29, 0.717) is 29.1 Å². The van der Waals surface area contributed by atoms with Gasteiger partial charge in [-0.2, -0.15) is 0 Å². The van der Waals surface area contributed by atoms with Crippen molar-refractivity contribution in [3.8, 4) is 0 Å². The lowest BCUT2D eigenvalue weighted by molar-refractivity contribution is -0.164. The Balaban J connectivity index is 2.11. The molecule has 1 N–H and O–H groups in total. The zero-order valence-corrected chi connectivity index (χ0v) is 16.3. The Labute approximate surface area is 162 Å². The molecule has 1 amide bonds. The number of ether oxygens (including phenoxy) is 1. The molecule has 27 heavy (non-hydrogen) atoms. The summed E-state index contributed by atoms with van der Waals surface area (Å²) in [5, 5.41) is 10.5. The zero-order chi connectivity index (χ0) is 19.8. The number of nitrogens with zero attached hydrogens (tertiary/aromatic N) is 3. The topological polar surface area (TPSA) is 92.6 Å². The van der Waals surface area contributed by atoms with E-state index in [-0.39, 0.29) is 13.1 Å². The van der Waals surface area contributed by atoms with E-state index >= 15 is 0 Å². The van der Waals surface area contributed by atoms with Crippen LogP contribution in [0.15, 0.2) is 24.5 Å².